The van der Waals surface area contributed by atoms with Crippen molar-refractivity contribution in [2.75, 3.05) is 11.9 Å². The van der Waals surface area contributed by atoms with E-state index in [1.807, 2.05) is 6.92 Å². The Morgan fingerprint density at radius 1 is 1.37 bits per heavy atom. The first kappa shape index (κ1) is 13.1. The van der Waals surface area contributed by atoms with E-state index in [4.69, 9.17) is 9.52 Å². The van der Waals surface area contributed by atoms with E-state index in [2.05, 4.69) is 5.32 Å². The minimum absolute atomic E-state index is 0.0968. The van der Waals surface area contributed by atoms with Crippen LogP contribution in [0.1, 0.15) is 21.7 Å². The maximum absolute atomic E-state index is 12.9. The number of benzene rings is 1. The summed E-state index contributed by atoms with van der Waals surface area (Å²) in [5.74, 6) is -1.02. The lowest BCUT2D eigenvalue weighted by Crippen LogP contribution is -2.05. The van der Waals surface area contributed by atoms with Crippen LogP contribution < -0.4 is 5.32 Å². The number of aromatic carboxylic acids is 1. The second kappa shape index (κ2) is 5.56. The number of aryl methyl sites for hydroxylation is 1. The molecule has 2 aromatic rings. The molecular formula is C14H14FNO3. The minimum atomic E-state index is -1.09. The number of carbonyl (C=O) groups is 1. The Hall–Kier alpha value is -2.30. The Bertz CT molecular complexity index is 592. The van der Waals surface area contributed by atoms with Crippen LogP contribution in [0.2, 0.25) is 0 Å². The third-order valence-electron chi connectivity index (χ3n) is 2.81. The minimum Gasteiger partial charge on any atom is -0.475 e. The number of rotatable bonds is 5. The van der Waals surface area contributed by atoms with E-state index in [0.717, 1.165) is 11.1 Å². The molecule has 0 unspecified atom stereocenters. The van der Waals surface area contributed by atoms with E-state index in [1.165, 1.54) is 18.2 Å². The Kier molecular flexibility index (Phi) is 3.85. The highest BCUT2D eigenvalue weighted by Crippen LogP contribution is 2.14. The predicted molar refractivity (Wildman–Crippen MR) is 69.0 cm³/mol. The van der Waals surface area contributed by atoms with Crippen LogP contribution in [0, 0.1) is 12.7 Å². The van der Waals surface area contributed by atoms with Crippen LogP contribution in [-0.2, 0) is 6.42 Å². The maximum atomic E-state index is 12.9. The molecule has 100 valence electrons. The first-order valence-electron chi connectivity index (χ1n) is 5.88. The molecule has 0 saturated heterocycles. The predicted octanol–water partition coefficient (Wildman–Crippen LogP) is 3.08. The smallest absolute Gasteiger partial charge is 0.371 e. The lowest BCUT2D eigenvalue weighted by atomic mass is 10.1. The third-order valence-corrected chi connectivity index (χ3v) is 2.81. The summed E-state index contributed by atoms with van der Waals surface area (Å²) < 4.78 is 18.0. The maximum Gasteiger partial charge on any atom is 0.371 e. The molecule has 1 aromatic heterocycles. The van der Waals surface area contributed by atoms with Crippen molar-refractivity contribution in [3.63, 3.8) is 0 Å². The Labute approximate surface area is 109 Å². The van der Waals surface area contributed by atoms with Crippen LogP contribution in [-0.4, -0.2) is 17.6 Å². The highest BCUT2D eigenvalue weighted by atomic mass is 19.1. The van der Waals surface area contributed by atoms with Gasteiger partial charge in [0.2, 0.25) is 5.76 Å². The first-order valence-corrected chi connectivity index (χ1v) is 5.88. The molecule has 1 aromatic carbocycles. The molecule has 0 amide bonds. The molecule has 0 radical (unpaired) electrons. The normalized spacial score (nSPS) is 10.4. The van der Waals surface area contributed by atoms with Crippen molar-refractivity contribution >= 4 is 11.9 Å². The number of nitrogens with one attached hydrogen (secondary N) is 1. The number of hydrogen-bond acceptors (Lipinski definition) is 3. The molecule has 0 spiro atoms. The van der Waals surface area contributed by atoms with Gasteiger partial charge in [0.1, 0.15) is 5.82 Å². The summed E-state index contributed by atoms with van der Waals surface area (Å²) in [4.78, 5) is 10.6. The van der Waals surface area contributed by atoms with E-state index < -0.39 is 5.97 Å². The van der Waals surface area contributed by atoms with E-state index in [-0.39, 0.29) is 11.6 Å². The average Bonchev–Trinajstić information content (AvgIpc) is 2.81. The van der Waals surface area contributed by atoms with Gasteiger partial charge in [-0.2, -0.15) is 0 Å². The Morgan fingerprint density at radius 2 is 2.16 bits per heavy atom. The second-order valence-corrected chi connectivity index (χ2v) is 4.22. The zero-order chi connectivity index (χ0) is 13.8. The molecule has 0 atom stereocenters. The van der Waals surface area contributed by atoms with E-state index in [1.54, 1.807) is 12.1 Å². The molecule has 0 saturated carbocycles. The topological polar surface area (TPSA) is 62.5 Å². The van der Waals surface area contributed by atoms with Crippen molar-refractivity contribution in [2.24, 2.45) is 0 Å². The van der Waals surface area contributed by atoms with Gasteiger partial charge in [-0.25, -0.2) is 9.18 Å². The SMILES string of the molecule is Cc1cc(F)ccc1CCNc1ccc(C(=O)O)o1. The van der Waals surface area contributed by atoms with Gasteiger partial charge >= 0.3 is 5.97 Å². The molecule has 19 heavy (non-hydrogen) atoms. The quantitative estimate of drug-likeness (QED) is 0.870. The van der Waals surface area contributed by atoms with E-state index in [0.29, 0.717) is 18.8 Å². The van der Waals surface area contributed by atoms with Gasteiger partial charge in [0.25, 0.3) is 0 Å². The van der Waals surface area contributed by atoms with Crippen LogP contribution in [0.15, 0.2) is 34.7 Å². The summed E-state index contributed by atoms with van der Waals surface area (Å²) in [5.41, 5.74) is 1.94. The highest BCUT2D eigenvalue weighted by Gasteiger charge is 2.08. The average molecular weight is 263 g/mol. The largest absolute Gasteiger partial charge is 0.475 e. The molecule has 2 rings (SSSR count). The summed E-state index contributed by atoms with van der Waals surface area (Å²) in [7, 11) is 0. The van der Waals surface area contributed by atoms with Gasteiger partial charge in [0.05, 0.1) is 0 Å². The highest BCUT2D eigenvalue weighted by molar-refractivity contribution is 5.84. The molecule has 0 bridgehead atoms. The Morgan fingerprint density at radius 3 is 2.79 bits per heavy atom. The van der Waals surface area contributed by atoms with Crippen molar-refractivity contribution in [3.05, 3.63) is 53.0 Å². The van der Waals surface area contributed by atoms with Gasteiger partial charge < -0.3 is 14.8 Å². The van der Waals surface area contributed by atoms with Gasteiger partial charge in [-0.3, -0.25) is 0 Å². The fraction of sp³-hybridized carbons (Fsp3) is 0.214. The van der Waals surface area contributed by atoms with Crippen LogP contribution in [0.25, 0.3) is 0 Å². The zero-order valence-corrected chi connectivity index (χ0v) is 10.4. The van der Waals surface area contributed by atoms with Gasteiger partial charge in [-0.15, -0.1) is 0 Å². The van der Waals surface area contributed by atoms with E-state index >= 15 is 0 Å². The number of carboxylic acid groups (broad SMARTS) is 1. The van der Waals surface area contributed by atoms with Gasteiger partial charge in [-0.1, -0.05) is 6.07 Å². The molecule has 0 aliphatic rings. The fourth-order valence-electron chi connectivity index (χ4n) is 1.81. The summed E-state index contributed by atoms with van der Waals surface area (Å²) in [6, 6.07) is 7.63. The van der Waals surface area contributed by atoms with Gasteiger partial charge in [-0.05, 0) is 42.7 Å². The monoisotopic (exact) mass is 263 g/mol. The summed E-state index contributed by atoms with van der Waals surface area (Å²) in [5, 5.41) is 11.7. The molecule has 4 nitrogen and oxygen atoms in total. The Balaban J connectivity index is 1.90. The zero-order valence-electron chi connectivity index (χ0n) is 10.4. The van der Waals surface area contributed by atoms with E-state index in [9.17, 15) is 9.18 Å². The van der Waals surface area contributed by atoms with Crippen LogP contribution in [0.4, 0.5) is 10.3 Å². The number of hydrogen-bond donors (Lipinski definition) is 2. The van der Waals surface area contributed by atoms with Crippen molar-refractivity contribution in [3.8, 4) is 0 Å². The first-order chi connectivity index (χ1) is 9.06. The van der Waals surface area contributed by atoms with Gasteiger partial charge in [0.15, 0.2) is 5.88 Å². The molecule has 1 heterocycles. The molecule has 2 N–H and O–H groups in total. The van der Waals surface area contributed by atoms with Crippen molar-refractivity contribution in [1.29, 1.82) is 0 Å². The standard InChI is InChI=1S/C14H14FNO3/c1-9-8-11(15)3-2-10(9)6-7-16-13-5-4-12(19-13)14(17)18/h2-5,8,16H,6-7H2,1H3,(H,17,18). The van der Waals surface area contributed by atoms with Crippen LogP contribution in [0.3, 0.4) is 0 Å². The molecule has 0 aliphatic heterocycles. The lowest BCUT2D eigenvalue weighted by Gasteiger charge is -2.06. The van der Waals surface area contributed by atoms with Crippen molar-refractivity contribution in [1.82, 2.24) is 0 Å². The van der Waals surface area contributed by atoms with Crippen molar-refractivity contribution in [2.45, 2.75) is 13.3 Å². The number of furan rings is 1. The number of halogens is 1. The fourth-order valence-corrected chi connectivity index (χ4v) is 1.81. The van der Waals surface area contributed by atoms with Crippen molar-refractivity contribution < 1.29 is 18.7 Å². The van der Waals surface area contributed by atoms with Crippen LogP contribution in [0.5, 0.6) is 0 Å². The summed E-state index contributed by atoms with van der Waals surface area (Å²) in [6.07, 6.45) is 0.704. The molecular weight excluding hydrogens is 249 g/mol. The number of carboxylic acids is 1. The molecule has 0 aliphatic carbocycles. The third kappa shape index (κ3) is 3.34. The van der Waals surface area contributed by atoms with Crippen LogP contribution >= 0.6 is 0 Å². The number of anilines is 1. The molecule has 0 fully saturated rings. The summed E-state index contributed by atoms with van der Waals surface area (Å²) in [6.45, 7) is 2.44. The molecule has 5 heteroatoms. The second-order valence-electron chi connectivity index (χ2n) is 4.22. The lowest BCUT2D eigenvalue weighted by molar-refractivity contribution is 0.0663. The van der Waals surface area contributed by atoms with Gasteiger partial charge in [0, 0.05) is 12.6 Å². The summed E-state index contributed by atoms with van der Waals surface area (Å²) >= 11 is 0.